The van der Waals surface area contributed by atoms with E-state index < -0.39 is 35.8 Å². The summed E-state index contributed by atoms with van der Waals surface area (Å²) in [5.41, 5.74) is -4.55. The molecule has 0 aromatic heterocycles. The number of carboxylic acids is 1. The van der Waals surface area contributed by atoms with Crippen LogP contribution in [0.5, 0.6) is 0 Å². The van der Waals surface area contributed by atoms with Crippen molar-refractivity contribution in [2.75, 3.05) is 0 Å². The van der Waals surface area contributed by atoms with Gasteiger partial charge in [-0.2, -0.15) is 26.3 Å². The summed E-state index contributed by atoms with van der Waals surface area (Å²) in [5, 5.41) is 16.6. The number of hydrogen-bond acceptors (Lipinski definition) is 2. The first-order chi connectivity index (χ1) is 6.42. The topological polar surface area (TPSA) is 57.5 Å². The molecule has 3 nitrogen and oxygen atoms in total. The Morgan fingerprint density at radius 2 is 1.27 bits per heavy atom. The summed E-state index contributed by atoms with van der Waals surface area (Å²) in [4.78, 5) is 9.92. The van der Waals surface area contributed by atoms with Crippen LogP contribution in [0.4, 0.5) is 26.3 Å². The molecule has 88 valence electrons. The summed E-state index contributed by atoms with van der Waals surface area (Å²) >= 11 is 0. The molecule has 0 aromatic carbocycles. The van der Waals surface area contributed by atoms with E-state index in [2.05, 4.69) is 0 Å². The largest absolute Gasteiger partial charge is 0.481 e. The van der Waals surface area contributed by atoms with Gasteiger partial charge in [-0.3, -0.25) is 4.79 Å². The van der Waals surface area contributed by atoms with Gasteiger partial charge in [0.1, 0.15) is 0 Å². The zero-order valence-electron chi connectivity index (χ0n) is 6.78. The molecule has 0 saturated heterocycles. The van der Waals surface area contributed by atoms with Crippen molar-refractivity contribution in [3.8, 4) is 0 Å². The Balaban J connectivity index is 3.16. The van der Waals surface area contributed by atoms with E-state index in [0.29, 0.717) is 0 Å². The Labute approximate surface area is 78.3 Å². The Bertz CT molecular complexity index is 294. The predicted octanol–water partition coefficient (Wildman–Crippen LogP) is 1.11. The van der Waals surface area contributed by atoms with Gasteiger partial charge in [0.05, 0.1) is 6.42 Å². The van der Waals surface area contributed by atoms with Crippen LogP contribution in [0.25, 0.3) is 0 Å². The van der Waals surface area contributed by atoms with Crippen molar-refractivity contribution < 1.29 is 41.4 Å². The minimum Gasteiger partial charge on any atom is -0.481 e. The van der Waals surface area contributed by atoms with Crippen LogP contribution >= 0.6 is 0 Å². The van der Waals surface area contributed by atoms with Crippen LogP contribution in [0.1, 0.15) is 6.42 Å². The smallest absolute Gasteiger partial charge is 0.378 e. The third-order valence-electron chi connectivity index (χ3n) is 2.23. The zero-order valence-corrected chi connectivity index (χ0v) is 6.78. The van der Waals surface area contributed by atoms with Crippen LogP contribution in [0.2, 0.25) is 0 Å². The molecule has 0 heterocycles. The van der Waals surface area contributed by atoms with Crippen molar-refractivity contribution in [1.29, 1.82) is 0 Å². The van der Waals surface area contributed by atoms with E-state index in [9.17, 15) is 31.1 Å². The van der Waals surface area contributed by atoms with Gasteiger partial charge in [-0.05, 0) is 0 Å². The van der Waals surface area contributed by atoms with Gasteiger partial charge in [0.2, 0.25) is 5.60 Å². The lowest BCUT2D eigenvalue weighted by molar-refractivity contribution is -0.489. The summed E-state index contributed by atoms with van der Waals surface area (Å²) in [5.74, 6) is -18.9. The fourth-order valence-corrected chi connectivity index (χ4v) is 1.29. The van der Waals surface area contributed by atoms with Crippen LogP contribution in [0.3, 0.4) is 0 Å². The molecule has 0 amide bonds. The second-order valence-electron chi connectivity index (χ2n) is 3.15. The molecular weight excluding hydrogens is 234 g/mol. The maximum Gasteiger partial charge on any atom is 0.378 e. The molecule has 0 atom stereocenters. The van der Waals surface area contributed by atoms with Gasteiger partial charge in [0.15, 0.2) is 0 Å². The van der Waals surface area contributed by atoms with E-state index in [1.807, 2.05) is 0 Å². The molecule has 0 bridgehead atoms. The van der Waals surface area contributed by atoms with Crippen molar-refractivity contribution in [3.63, 3.8) is 0 Å². The standard InChI is InChI=1S/C6H4F6O3/c7-4(8)3(15,1-2(13)14)5(9,10)6(4,11)12/h15H,1H2,(H,13,14). The van der Waals surface area contributed by atoms with Crippen molar-refractivity contribution in [2.24, 2.45) is 0 Å². The minimum atomic E-state index is -5.75. The molecule has 1 aliphatic carbocycles. The van der Waals surface area contributed by atoms with E-state index in [-0.39, 0.29) is 0 Å². The maximum absolute atomic E-state index is 12.5. The molecule has 9 heteroatoms. The molecule has 15 heavy (non-hydrogen) atoms. The molecular formula is C6H4F6O3. The summed E-state index contributed by atoms with van der Waals surface area (Å²) in [6, 6.07) is 0. The van der Waals surface area contributed by atoms with Gasteiger partial charge in [-0.25, -0.2) is 0 Å². The second kappa shape index (κ2) is 2.57. The fraction of sp³-hybridized carbons (Fsp3) is 0.833. The highest BCUT2D eigenvalue weighted by Crippen LogP contribution is 2.67. The number of alkyl halides is 6. The lowest BCUT2D eigenvalue weighted by Gasteiger charge is -2.55. The Hall–Kier alpha value is -0.990. The fourth-order valence-electron chi connectivity index (χ4n) is 1.29. The molecule has 0 aromatic rings. The maximum atomic E-state index is 12.5. The molecule has 0 aliphatic heterocycles. The van der Waals surface area contributed by atoms with E-state index in [0.717, 1.165) is 0 Å². The number of hydrogen-bond donors (Lipinski definition) is 2. The Kier molecular flexibility index (Phi) is 2.07. The quantitative estimate of drug-likeness (QED) is 0.708. The molecule has 0 unspecified atom stereocenters. The van der Waals surface area contributed by atoms with Gasteiger partial charge >= 0.3 is 23.7 Å². The monoisotopic (exact) mass is 238 g/mol. The highest BCUT2D eigenvalue weighted by atomic mass is 19.4. The van der Waals surface area contributed by atoms with Crippen LogP contribution in [0.15, 0.2) is 0 Å². The first kappa shape index (κ1) is 12.1. The molecule has 0 radical (unpaired) electrons. The number of aliphatic hydroxyl groups is 1. The van der Waals surface area contributed by atoms with Crippen LogP contribution in [-0.4, -0.2) is 39.6 Å². The highest BCUT2D eigenvalue weighted by Gasteiger charge is 2.98. The average Bonchev–Trinajstić information content (AvgIpc) is 2.00. The number of carboxylic acid groups (broad SMARTS) is 1. The molecule has 1 aliphatic rings. The van der Waals surface area contributed by atoms with Crippen LogP contribution < -0.4 is 0 Å². The van der Waals surface area contributed by atoms with Gasteiger partial charge in [0.25, 0.3) is 0 Å². The zero-order chi connectivity index (χ0) is 12.3. The summed E-state index contributed by atoms with van der Waals surface area (Å²) in [7, 11) is 0. The van der Waals surface area contributed by atoms with E-state index >= 15 is 0 Å². The number of aliphatic carboxylic acids is 1. The second-order valence-corrected chi connectivity index (χ2v) is 3.15. The first-order valence-electron chi connectivity index (χ1n) is 3.49. The van der Waals surface area contributed by atoms with Gasteiger partial charge < -0.3 is 10.2 Å². The molecule has 1 saturated carbocycles. The molecule has 1 fully saturated rings. The van der Waals surface area contributed by atoms with Crippen molar-refractivity contribution in [1.82, 2.24) is 0 Å². The average molecular weight is 238 g/mol. The predicted molar refractivity (Wildman–Crippen MR) is 32.0 cm³/mol. The van der Waals surface area contributed by atoms with Crippen LogP contribution in [0, 0.1) is 0 Å². The van der Waals surface area contributed by atoms with Crippen molar-refractivity contribution in [2.45, 2.75) is 29.8 Å². The molecule has 2 N–H and O–H groups in total. The summed E-state index contributed by atoms with van der Waals surface area (Å²) < 4.78 is 74.3. The third-order valence-corrected chi connectivity index (χ3v) is 2.23. The molecule has 0 spiro atoms. The normalized spacial score (nSPS) is 29.3. The van der Waals surface area contributed by atoms with Gasteiger partial charge in [-0.15, -0.1) is 0 Å². The van der Waals surface area contributed by atoms with E-state index in [1.54, 1.807) is 0 Å². The SMILES string of the molecule is O=C(O)CC1(O)C(F)(F)C(F)(F)C1(F)F. The van der Waals surface area contributed by atoms with Crippen molar-refractivity contribution >= 4 is 5.97 Å². The Morgan fingerprint density at radius 1 is 0.933 bits per heavy atom. The number of rotatable bonds is 2. The third kappa shape index (κ3) is 0.985. The minimum absolute atomic E-state index is 2.16. The number of carbonyl (C=O) groups is 1. The van der Waals surface area contributed by atoms with E-state index in [1.165, 1.54) is 0 Å². The highest BCUT2D eigenvalue weighted by molar-refractivity contribution is 5.69. The Morgan fingerprint density at radius 3 is 1.53 bits per heavy atom. The first-order valence-corrected chi connectivity index (χ1v) is 3.49. The summed E-state index contributed by atoms with van der Waals surface area (Å²) in [6.45, 7) is 0. The number of halogens is 6. The van der Waals surface area contributed by atoms with E-state index in [4.69, 9.17) is 10.2 Å². The summed E-state index contributed by atoms with van der Waals surface area (Å²) in [6.07, 6.45) is -2.16. The van der Waals surface area contributed by atoms with Crippen molar-refractivity contribution in [3.05, 3.63) is 0 Å². The molecule has 1 rings (SSSR count). The lowest BCUT2D eigenvalue weighted by Crippen LogP contribution is -2.86. The van der Waals surface area contributed by atoms with Gasteiger partial charge in [-0.1, -0.05) is 0 Å². The van der Waals surface area contributed by atoms with Gasteiger partial charge in [0, 0.05) is 0 Å². The van der Waals surface area contributed by atoms with Crippen LogP contribution in [-0.2, 0) is 4.79 Å². The lowest BCUT2D eigenvalue weighted by atomic mass is 9.66.